The molecule has 0 aliphatic carbocycles. The van der Waals surface area contributed by atoms with Crippen molar-refractivity contribution in [3.05, 3.63) is 10.0 Å². The van der Waals surface area contributed by atoms with E-state index in [0.717, 1.165) is 43.5 Å². The van der Waals surface area contributed by atoms with Gasteiger partial charge in [-0.3, -0.25) is 0 Å². The van der Waals surface area contributed by atoms with Gasteiger partial charge in [0.15, 0.2) is 0 Å². The third kappa shape index (κ3) is 5.77. The second kappa shape index (κ2) is 8.89. The van der Waals surface area contributed by atoms with Crippen LogP contribution < -0.4 is 5.32 Å². The number of hydrogen-bond acceptors (Lipinski definition) is 6. The van der Waals surface area contributed by atoms with Crippen LogP contribution in [0.15, 0.2) is 0 Å². The summed E-state index contributed by atoms with van der Waals surface area (Å²) in [5.74, 6) is 3.47. The minimum absolute atomic E-state index is 0.765. The summed E-state index contributed by atoms with van der Waals surface area (Å²) < 4.78 is 4.99. The average Bonchev–Trinajstić information content (AvgIpc) is 2.87. The molecular formula is C13H23N3OS2. The molecule has 1 aliphatic rings. The molecule has 0 radical (unpaired) electrons. The van der Waals surface area contributed by atoms with Crippen LogP contribution in [0, 0.1) is 5.92 Å². The van der Waals surface area contributed by atoms with E-state index in [1.54, 1.807) is 18.4 Å². The van der Waals surface area contributed by atoms with Crippen LogP contribution in [0.1, 0.15) is 22.9 Å². The molecule has 0 unspecified atom stereocenters. The van der Waals surface area contributed by atoms with E-state index >= 15 is 0 Å². The van der Waals surface area contributed by atoms with Gasteiger partial charge in [0.2, 0.25) is 0 Å². The van der Waals surface area contributed by atoms with Crippen LogP contribution >= 0.6 is 23.1 Å². The standard InChI is InChI=1S/C13H23N3OS2/c1-17-7-6-14-5-2-12-15-16-13(19-12)10-11-3-8-18-9-4-11/h11,14H,2-10H2,1H3. The molecule has 19 heavy (non-hydrogen) atoms. The molecule has 0 saturated carbocycles. The predicted octanol–water partition coefficient (Wildman–Crippen LogP) is 2.00. The maximum Gasteiger partial charge on any atom is 0.118 e. The lowest BCUT2D eigenvalue weighted by Gasteiger charge is -2.19. The van der Waals surface area contributed by atoms with Crippen LogP contribution in [-0.2, 0) is 17.6 Å². The van der Waals surface area contributed by atoms with Gasteiger partial charge < -0.3 is 10.1 Å². The summed E-state index contributed by atoms with van der Waals surface area (Å²) in [5, 5.41) is 14.3. The third-order valence-corrected chi connectivity index (χ3v) is 5.37. The number of rotatable bonds is 8. The van der Waals surface area contributed by atoms with E-state index in [1.165, 1.54) is 29.4 Å². The number of aromatic nitrogens is 2. The molecule has 0 aromatic carbocycles. The van der Waals surface area contributed by atoms with Crippen molar-refractivity contribution >= 4 is 23.1 Å². The molecule has 0 atom stereocenters. The first-order chi connectivity index (χ1) is 9.38. The van der Waals surface area contributed by atoms with Gasteiger partial charge in [-0.2, -0.15) is 11.8 Å². The quantitative estimate of drug-likeness (QED) is 0.744. The Balaban J connectivity index is 1.66. The molecule has 1 aromatic rings. The van der Waals surface area contributed by atoms with Crippen LogP contribution in [0.5, 0.6) is 0 Å². The molecule has 1 fully saturated rings. The number of nitrogens with one attached hydrogen (secondary N) is 1. The monoisotopic (exact) mass is 301 g/mol. The van der Waals surface area contributed by atoms with Gasteiger partial charge in [-0.05, 0) is 30.3 Å². The summed E-state index contributed by atoms with van der Waals surface area (Å²) in [4.78, 5) is 0. The number of hydrogen-bond donors (Lipinski definition) is 1. The Morgan fingerprint density at radius 1 is 1.21 bits per heavy atom. The maximum absolute atomic E-state index is 4.99. The lowest BCUT2D eigenvalue weighted by atomic mass is 9.99. The fourth-order valence-electron chi connectivity index (χ4n) is 2.16. The first-order valence-electron chi connectivity index (χ1n) is 6.97. The number of nitrogens with zero attached hydrogens (tertiary/aromatic N) is 2. The second-order valence-electron chi connectivity index (χ2n) is 4.84. The first kappa shape index (κ1) is 15.2. The van der Waals surface area contributed by atoms with Crippen LogP contribution in [0.4, 0.5) is 0 Å². The smallest absolute Gasteiger partial charge is 0.118 e. The van der Waals surface area contributed by atoms with Crippen LogP contribution in [-0.4, -0.2) is 48.5 Å². The molecule has 6 heteroatoms. The van der Waals surface area contributed by atoms with E-state index < -0.39 is 0 Å². The molecular weight excluding hydrogens is 278 g/mol. The third-order valence-electron chi connectivity index (χ3n) is 3.31. The Labute approximate surface area is 123 Å². The molecule has 1 saturated heterocycles. The van der Waals surface area contributed by atoms with Crippen LogP contribution in [0.2, 0.25) is 0 Å². The number of thioether (sulfide) groups is 1. The lowest BCUT2D eigenvalue weighted by Crippen LogP contribution is -2.21. The molecule has 2 rings (SSSR count). The average molecular weight is 301 g/mol. The molecule has 4 nitrogen and oxygen atoms in total. The molecule has 0 bridgehead atoms. The summed E-state index contributed by atoms with van der Waals surface area (Å²) in [6.07, 6.45) is 4.80. The SMILES string of the molecule is COCCNCCc1nnc(CC2CCSCC2)s1. The Bertz CT molecular complexity index is 353. The van der Waals surface area contributed by atoms with Gasteiger partial charge in [-0.25, -0.2) is 0 Å². The van der Waals surface area contributed by atoms with Crippen LogP contribution in [0.25, 0.3) is 0 Å². The lowest BCUT2D eigenvalue weighted by molar-refractivity contribution is 0.199. The van der Waals surface area contributed by atoms with Crippen molar-refractivity contribution in [1.82, 2.24) is 15.5 Å². The van der Waals surface area contributed by atoms with E-state index in [-0.39, 0.29) is 0 Å². The Kier molecular flexibility index (Phi) is 7.13. The van der Waals surface area contributed by atoms with Crippen molar-refractivity contribution < 1.29 is 4.74 Å². The van der Waals surface area contributed by atoms with Crippen molar-refractivity contribution in [3.63, 3.8) is 0 Å². The van der Waals surface area contributed by atoms with Gasteiger partial charge in [0.05, 0.1) is 6.61 Å². The summed E-state index contributed by atoms with van der Waals surface area (Å²) in [6, 6.07) is 0. The van der Waals surface area contributed by atoms with E-state index in [1.807, 2.05) is 0 Å². The zero-order chi connectivity index (χ0) is 13.3. The van der Waals surface area contributed by atoms with E-state index in [2.05, 4.69) is 27.3 Å². The van der Waals surface area contributed by atoms with Crippen LogP contribution in [0.3, 0.4) is 0 Å². The second-order valence-corrected chi connectivity index (χ2v) is 7.21. The summed E-state index contributed by atoms with van der Waals surface area (Å²) in [6.45, 7) is 2.63. The van der Waals surface area contributed by atoms with Gasteiger partial charge in [0, 0.05) is 33.0 Å². The number of methoxy groups -OCH3 is 1. The molecule has 1 N–H and O–H groups in total. The fraction of sp³-hybridized carbons (Fsp3) is 0.846. The zero-order valence-electron chi connectivity index (χ0n) is 11.6. The Morgan fingerprint density at radius 2 is 2.00 bits per heavy atom. The molecule has 2 heterocycles. The highest BCUT2D eigenvalue weighted by molar-refractivity contribution is 7.99. The van der Waals surface area contributed by atoms with Crippen molar-refractivity contribution in [2.24, 2.45) is 5.92 Å². The topological polar surface area (TPSA) is 47.0 Å². The summed E-state index contributed by atoms with van der Waals surface area (Å²) >= 11 is 3.87. The van der Waals surface area contributed by atoms with Gasteiger partial charge in [0.25, 0.3) is 0 Å². The maximum atomic E-state index is 4.99. The van der Waals surface area contributed by atoms with E-state index in [4.69, 9.17) is 4.74 Å². The summed E-state index contributed by atoms with van der Waals surface area (Å²) in [7, 11) is 1.72. The van der Waals surface area contributed by atoms with E-state index in [0.29, 0.717) is 0 Å². The first-order valence-corrected chi connectivity index (χ1v) is 8.94. The van der Waals surface area contributed by atoms with Crippen molar-refractivity contribution in [3.8, 4) is 0 Å². The Morgan fingerprint density at radius 3 is 2.79 bits per heavy atom. The predicted molar refractivity (Wildman–Crippen MR) is 82.1 cm³/mol. The molecule has 108 valence electrons. The van der Waals surface area contributed by atoms with E-state index in [9.17, 15) is 0 Å². The fourth-order valence-corrected chi connectivity index (χ4v) is 4.33. The van der Waals surface area contributed by atoms with Gasteiger partial charge >= 0.3 is 0 Å². The van der Waals surface area contributed by atoms with Crippen molar-refractivity contribution in [1.29, 1.82) is 0 Å². The highest BCUT2D eigenvalue weighted by Crippen LogP contribution is 2.26. The Hall–Kier alpha value is -0.170. The highest BCUT2D eigenvalue weighted by Gasteiger charge is 2.16. The highest BCUT2D eigenvalue weighted by atomic mass is 32.2. The minimum atomic E-state index is 0.765. The normalized spacial score (nSPS) is 16.9. The summed E-state index contributed by atoms with van der Waals surface area (Å²) in [5.41, 5.74) is 0. The molecule has 1 aromatic heterocycles. The molecule has 1 aliphatic heterocycles. The van der Waals surface area contributed by atoms with Gasteiger partial charge in [0.1, 0.15) is 10.0 Å². The molecule has 0 amide bonds. The minimum Gasteiger partial charge on any atom is -0.383 e. The van der Waals surface area contributed by atoms with Crippen molar-refractivity contribution in [2.75, 3.05) is 38.3 Å². The largest absolute Gasteiger partial charge is 0.383 e. The number of ether oxygens (including phenoxy) is 1. The van der Waals surface area contributed by atoms with Gasteiger partial charge in [-0.1, -0.05) is 0 Å². The zero-order valence-corrected chi connectivity index (χ0v) is 13.2. The van der Waals surface area contributed by atoms with Gasteiger partial charge in [-0.15, -0.1) is 21.5 Å². The van der Waals surface area contributed by atoms with Crippen molar-refractivity contribution in [2.45, 2.75) is 25.7 Å². The molecule has 0 spiro atoms.